The van der Waals surface area contributed by atoms with Gasteiger partial charge in [-0.15, -0.1) is 0 Å². The van der Waals surface area contributed by atoms with Crippen LogP contribution in [0.5, 0.6) is 0 Å². The molecule has 1 heterocycles. The van der Waals surface area contributed by atoms with Crippen LogP contribution >= 0.6 is 0 Å². The third-order valence-corrected chi connectivity index (χ3v) is 4.63. The molecule has 2 fully saturated rings. The van der Waals surface area contributed by atoms with Crippen molar-refractivity contribution in [3.63, 3.8) is 0 Å². The van der Waals surface area contributed by atoms with Crippen LogP contribution < -0.4 is 11.1 Å². The molecule has 0 aromatic heterocycles. The summed E-state index contributed by atoms with van der Waals surface area (Å²) in [6, 6.07) is 0.386. The number of ether oxygens (including phenoxy) is 1. The van der Waals surface area contributed by atoms with E-state index in [0.29, 0.717) is 23.5 Å². The zero-order chi connectivity index (χ0) is 11.6. The first-order valence-corrected chi connectivity index (χ1v) is 6.70. The average molecular weight is 226 g/mol. The fourth-order valence-electron chi connectivity index (χ4n) is 3.07. The Bertz CT molecular complexity index is 234. The van der Waals surface area contributed by atoms with Gasteiger partial charge in [-0.25, -0.2) is 0 Å². The van der Waals surface area contributed by atoms with Gasteiger partial charge in [-0.05, 0) is 37.5 Å². The maximum absolute atomic E-state index is 6.17. The SMILES string of the molecule is CC1OCCC1CNCC1(C)CCCC1N. The molecule has 3 nitrogen and oxygen atoms in total. The molecule has 1 aliphatic heterocycles. The van der Waals surface area contributed by atoms with Gasteiger partial charge in [0.1, 0.15) is 0 Å². The molecule has 3 N–H and O–H groups in total. The maximum atomic E-state index is 6.17. The van der Waals surface area contributed by atoms with E-state index in [2.05, 4.69) is 19.2 Å². The second-order valence-corrected chi connectivity index (χ2v) is 5.91. The Morgan fingerprint density at radius 1 is 1.44 bits per heavy atom. The minimum atomic E-state index is 0.322. The number of hydrogen-bond donors (Lipinski definition) is 2. The maximum Gasteiger partial charge on any atom is 0.0588 e. The Labute approximate surface area is 99.1 Å². The van der Waals surface area contributed by atoms with Crippen molar-refractivity contribution < 1.29 is 4.74 Å². The number of hydrogen-bond acceptors (Lipinski definition) is 3. The van der Waals surface area contributed by atoms with E-state index in [-0.39, 0.29) is 0 Å². The molecule has 3 heteroatoms. The van der Waals surface area contributed by atoms with Gasteiger partial charge in [0.25, 0.3) is 0 Å². The van der Waals surface area contributed by atoms with Crippen LogP contribution in [0.25, 0.3) is 0 Å². The predicted octanol–water partition coefficient (Wildman–Crippen LogP) is 1.52. The van der Waals surface area contributed by atoms with E-state index in [4.69, 9.17) is 10.5 Å². The highest BCUT2D eigenvalue weighted by molar-refractivity contribution is 4.93. The van der Waals surface area contributed by atoms with Crippen LogP contribution in [-0.2, 0) is 4.74 Å². The van der Waals surface area contributed by atoms with E-state index in [0.717, 1.165) is 19.7 Å². The molecule has 0 aromatic rings. The molecule has 94 valence electrons. The van der Waals surface area contributed by atoms with Gasteiger partial charge in [0.05, 0.1) is 6.10 Å². The molecule has 1 aliphatic carbocycles. The summed E-state index contributed by atoms with van der Waals surface area (Å²) in [6.45, 7) is 7.60. The summed E-state index contributed by atoms with van der Waals surface area (Å²) < 4.78 is 5.57. The van der Waals surface area contributed by atoms with Gasteiger partial charge in [0.15, 0.2) is 0 Å². The number of nitrogens with two attached hydrogens (primary N) is 1. The van der Waals surface area contributed by atoms with Crippen molar-refractivity contribution in [2.45, 2.75) is 51.7 Å². The summed E-state index contributed by atoms with van der Waals surface area (Å²) in [5.41, 5.74) is 6.49. The van der Waals surface area contributed by atoms with Crippen LogP contribution in [0, 0.1) is 11.3 Å². The lowest BCUT2D eigenvalue weighted by Crippen LogP contribution is -2.43. The van der Waals surface area contributed by atoms with Crippen molar-refractivity contribution in [3.8, 4) is 0 Å². The second-order valence-electron chi connectivity index (χ2n) is 5.91. The first-order valence-electron chi connectivity index (χ1n) is 6.70. The monoisotopic (exact) mass is 226 g/mol. The summed E-state index contributed by atoms with van der Waals surface area (Å²) in [5, 5.41) is 3.61. The van der Waals surface area contributed by atoms with Crippen molar-refractivity contribution in [3.05, 3.63) is 0 Å². The van der Waals surface area contributed by atoms with E-state index in [1.165, 1.54) is 25.7 Å². The molecule has 4 atom stereocenters. The lowest BCUT2D eigenvalue weighted by Gasteiger charge is -2.30. The van der Waals surface area contributed by atoms with E-state index in [1.54, 1.807) is 0 Å². The molecular weight excluding hydrogens is 200 g/mol. The topological polar surface area (TPSA) is 47.3 Å². The molecule has 16 heavy (non-hydrogen) atoms. The molecule has 0 bridgehead atoms. The van der Waals surface area contributed by atoms with Gasteiger partial charge in [-0.2, -0.15) is 0 Å². The van der Waals surface area contributed by atoms with Crippen LogP contribution in [0.3, 0.4) is 0 Å². The van der Waals surface area contributed by atoms with E-state index < -0.39 is 0 Å². The molecule has 0 aromatic carbocycles. The Hall–Kier alpha value is -0.120. The molecule has 0 amide bonds. The van der Waals surface area contributed by atoms with E-state index >= 15 is 0 Å². The number of rotatable bonds is 4. The summed E-state index contributed by atoms with van der Waals surface area (Å²) in [4.78, 5) is 0. The molecule has 0 spiro atoms. The van der Waals surface area contributed by atoms with Crippen LogP contribution in [0.1, 0.15) is 39.5 Å². The molecular formula is C13H26N2O. The summed E-state index contributed by atoms with van der Waals surface area (Å²) in [5.74, 6) is 0.696. The molecule has 2 aliphatic rings. The summed E-state index contributed by atoms with van der Waals surface area (Å²) in [6.07, 6.45) is 5.40. The normalized spacial score (nSPS) is 44.1. The average Bonchev–Trinajstić information content (AvgIpc) is 2.77. The quantitative estimate of drug-likeness (QED) is 0.764. The van der Waals surface area contributed by atoms with Crippen LogP contribution in [0.4, 0.5) is 0 Å². The van der Waals surface area contributed by atoms with Gasteiger partial charge in [-0.3, -0.25) is 0 Å². The third kappa shape index (κ3) is 2.58. The highest BCUT2D eigenvalue weighted by atomic mass is 16.5. The lowest BCUT2D eigenvalue weighted by molar-refractivity contribution is 0.104. The molecule has 4 unspecified atom stereocenters. The van der Waals surface area contributed by atoms with E-state index in [1.807, 2.05) is 0 Å². The standard InChI is InChI=1S/C13H26N2O/c1-10-11(5-7-16-10)8-15-9-13(2)6-3-4-12(13)14/h10-12,15H,3-9,14H2,1-2H3. The van der Waals surface area contributed by atoms with Crippen molar-refractivity contribution in [1.82, 2.24) is 5.32 Å². The lowest BCUT2D eigenvalue weighted by atomic mass is 9.85. The largest absolute Gasteiger partial charge is 0.378 e. The minimum Gasteiger partial charge on any atom is -0.378 e. The van der Waals surface area contributed by atoms with Crippen molar-refractivity contribution in [1.29, 1.82) is 0 Å². The fourth-order valence-corrected chi connectivity index (χ4v) is 3.07. The van der Waals surface area contributed by atoms with Crippen molar-refractivity contribution in [2.24, 2.45) is 17.1 Å². The fraction of sp³-hybridized carbons (Fsp3) is 1.00. The Kier molecular flexibility index (Phi) is 3.88. The van der Waals surface area contributed by atoms with Crippen LogP contribution in [0.15, 0.2) is 0 Å². The van der Waals surface area contributed by atoms with Crippen LogP contribution in [0.2, 0.25) is 0 Å². The molecule has 1 saturated heterocycles. The smallest absolute Gasteiger partial charge is 0.0588 e. The second kappa shape index (κ2) is 5.03. The zero-order valence-corrected chi connectivity index (χ0v) is 10.7. The molecule has 0 radical (unpaired) electrons. The molecule has 1 saturated carbocycles. The van der Waals surface area contributed by atoms with Gasteiger partial charge < -0.3 is 15.8 Å². The summed E-state index contributed by atoms with van der Waals surface area (Å²) in [7, 11) is 0. The number of nitrogens with one attached hydrogen (secondary N) is 1. The van der Waals surface area contributed by atoms with Crippen molar-refractivity contribution >= 4 is 0 Å². The Morgan fingerprint density at radius 3 is 2.81 bits per heavy atom. The van der Waals surface area contributed by atoms with Gasteiger partial charge >= 0.3 is 0 Å². The third-order valence-electron chi connectivity index (χ3n) is 4.63. The minimum absolute atomic E-state index is 0.322. The van der Waals surface area contributed by atoms with Gasteiger partial charge in [0, 0.05) is 25.7 Å². The predicted molar refractivity (Wildman–Crippen MR) is 66.3 cm³/mol. The highest BCUT2D eigenvalue weighted by Gasteiger charge is 2.36. The van der Waals surface area contributed by atoms with E-state index in [9.17, 15) is 0 Å². The Balaban J connectivity index is 1.71. The van der Waals surface area contributed by atoms with Gasteiger partial charge in [0.2, 0.25) is 0 Å². The van der Waals surface area contributed by atoms with Gasteiger partial charge in [-0.1, -0.05) is 13.3 Å². The zero-order valence-electron chi connectivity index (χ0n) is 10.7. The Morgan fingerprint density at radius 2 is 2.25 bits per heavy atom. The first-order chi connectivity index (χ1) is 7.62. The first kappa shape index (κ1) is 12.3. The van der Waals surface area contributed by atoms with Crippen molar-refractivity contribution in [2.75, 3.05) is 19.7 Å². The molecule has 2 rings (SSSR count). The summed E-state index contributed by atoms with van der Waals surface area (Å²) >= 11 is 0. The van der Waals surface area contributed by atoms with Crippen LogP contribution in [-0.4, -0.2) is 31.8 Å². The highest BCUT2D eigenvalue weighted by Crippen LogP contribution is 2.36.